The van der Waals surface area contributed by atoms with Crippen LogP contribution in [0.15, 0.2) is 22.9 Å². The summed E-state index contributed by atoms with van der Waals surface area (Å²) < 4.78 is 6.76. The minimum Gasteiger partial charge on any atom is -0.371 e. The zero-order valence-electron chi connectivity index (χ0n) is 11.8. The van der Waals surface area contributed by atoms with Crippen molar-refractivity contribution in [1.82, 2.24) is 10.3 Å². The molecule has 112 valence electrons. The Bertz CT molecular complexity index is 561. The summed E-state index contributed by atoms with van der Waals surface area (Å²) in [5.41, 5.74) is 1.03. The van der Waals surface area contributed by atoms with Gasteiger partial charge in [0.1, 0.15) is 6.10 Å². The molecule has 5 heteroatoms. The third-order valence-electron chi connectivity index (χ3n) is 4.88. The molecule has 3 fully saturated rings. The van der Waals surface area contributed by atoms with Gasteiger partial charge in [0.05, 0.1) is 6.04 Å². The molecule has 3 aliphatic rings. The summed E-state index contributed by atoms with van der Waals surface area (Å²) >= 11 is 3.44. The van der Waals surface area contributed by atoms with E-state index in [4.69, 9.17) is 4.74 Å². The minimum atomic E-state index is -0.0722. The van der Waals surface area contributed by atoms with Crippen LogP contribution in [-0.2, 0) is 9.53 Å². The van der Waals surface area contributed by atoms with Crippen LogP contribution < -0.4 is 5.32 Å². The molecule has 21 heavy (non-hydrogen) atoms. The monoisotopic (exact) mass is 350 g/mol. The Hall–Kier alpha value is -0.940. The molecule has 2 saturated carbocycles. The molecule has 0 radical (unpaired) electrons. The molecule has 2 unspecified atom stereocenters. The second kappa shape index (κ2) is 5.36. The first kappa shape index (κ1) is 13.7. The van der Waals surface area contributed by atoms with E-state index in [1.165, 1.54) is 12.8 Å². The van der Waals surface area contributed by atoms with E-state index in [1.807, 2.05) is 12.3 Å². The Morgan fingerprint density at radius 2 is 2.19 bits per heavy atom. The Labute approximate surface area is 132 Å². The van der Waals surface area contributed by atoms with E-state index in [2.05, 4.69) is 26.2 Å². The standard InChI is InChI=1S/C16H19BrN2O2/c17-11-5-10(7-18-8-11)15-14(3-4-21-15)19-16(20)13-6-12(13)9-1-2-9/h5,7-9,12-15H,1-4,6H2,(H,19,20)/t12?,13?,14-,15+/m0/s1. The average molecular weight is 351 g/mol. The molecule has 1 aliphatic heterocycles. The van der Waals surface area contributed by atoms with E-state index in [0.717, 1.165) is 28.8 Å². The van der Waals surface area contributed by atoms with Crippen LogP contribution in [0.1, 0.15) is 37.4 Å². The molecule has 0 aromatic carbocycles. The zero-order chi connectivity index (χ0) is 14.4. The van der Waals surface area contributed by atoms with E-state index in [0.29, 0.717) is 12.5 Å². The molecule has 0 spiro atoms. The molecule has 2 heterocycles. The highest BCUT2D eigenvalue weighted by Gasteiger charge is 2.51. The number of carbonyl (C=O) groups is 1. The molecular formula is C16H19BrN2O2. The summed E-state index contributed by atoms with van der Waals surface area (Å²) in [5, 5.41) is 3.21. The summed E-state index contributed by atoms with van der Waals surface area (Å²) in [7, 11) is 0. The fourth-order valence-corrected chi connectivity index (χ4v) is 3.88. The predicted molar refractivity (Wildman–Crippen MR) is 81.5 cm³/mol. The van der Waals surface area contributed by atoms with Gasteiger partial charge >= 0.3 is 0 Å². The van der Waals surface area contributed by atoms with Gasteiger partial charge in [-0.05, 0) is 59.5 Å². The van der Waals surface area contributed by atoms with Gasteiger partial charge in [-0.25, -0.2) is 0 Å². The van der Waals surface area contributed by atoms with Gasteiger partial charge in [0.25, 0.3) is 0 Å². The summed E-state index contributed by atoms with van der Waals surface area (Å²) in [6.45, 7) is 0.693. The second-order valence-electron chi connectivity index (χ2n) is 6.48. The van der Waals surface area contributed by atoms with Gasteiger partial charge in [0.15, 0.2) is 0 Å². The highest BCUT2D eigenvalue weighted by molar-refractivity contribution is 9.10. The van der Waals surface area contributed by atoms with Crippen molar-refractivity contribution in [1.29, 1.82) is 0 Å². The molecule has 4 nitrogen and oxygen atoms in total. The quantitative estimate of drug-likeness (QED) is 0.908. The summed E-state index contributed by atoms with van der Waals surface area (Å²) in [6.07, 6.45) is 8.13. The van der Waals surface area contributed by atoms with Crippen LogP contribution >= 0.6 is 15.9 Å². The third kappa shape index (κ3) is 2.86. The predicted octanol–water partition coefficient (Wildman–Crippen LogP) is 2.84. The Balaban J connectivity index is 1.41. The molecule has 4 rings (SSSR count). The molecule has 1 aromatic rings. The molecule has 1 amide bonds. The van der Waals surface area contributed by atoms with E-state index < -0.39 is 0 Å². The first-order chi connectivity index (χ1) is 10.2. The Morgan fingerprint density at radius 1 is 1.33 bits per heavy atom. The van der Waals surface area contributed by atoms with Crippen LogP contribution in [0.4, 0.5) is 0 Å². The molecule has 4 atom stereocenters. The molecular weight excluding hydrogens is 332 g/mol. The van der Waals surface area contributed by atoms with E-state index in [-0.39, 0.29) is 24.0 Å². The number of hydrogen-bond acceptors (Lipinski definition) is 3. The number of carbonyl (C=O) groups excluding carboxylic acids is 1. The first-order valence-electron chi connectivity index (χ1n) is 7.75. The fraction of sp³-hybridized carbons (Fsp3) is 0.625. The van der Waals surface area contributed by atoms with Crippen LogP contribution in [0.25, 0.3) is 0 Å². The minimum absolute atomic E-state index is 0.0722. The number of amides is 1. The van der Waals surface area contributed by atoms with Crippen molar-refractivity contribution in [3.63, 3.8) is 0 Å². The number of nitrogens with one attached hydrogen (secondary N) is 1. The van der Waals surface area contributed by atoms with Crippen LogP contribution in [0.3, 0.4) is 0 Å². The van der Waals surface area contributed by atoms with Crippen molar-refractivity contribution in [2.24, 2.45) is 17.8 Å². The normalized spacial score (nSPS) is 34.7. The van der Waals surface area contributed by atoms with E-state index in [9.17, 15) is 4.79 Å². The molecule has 1 aromatic heterocycles. The van der Waals surface area contributed by atoms with Crippen molar-refractivity contribution in [2.45, 2.75) is 37.8 Å². The highest BCUT2D eigenvalue weighted by Crippen LogP contribution is 2.54. The number of ether oxygens (including phenoxy) is 1. The number of nitrogens with zero attached hydrogens (tertiary/aromatic N) is 1. The fourth-order valence-electron chi connectivity index (χ4n) is 3.50. The smallest absolute Gasteiger partial charge is 0.223 e. The van der Waals surface area contributed by atoms with Gasteiger partial charge in [-0.2, -0.15) is 0 Å². The Kier molecular flexibility index (Phi) is 3.50. The summed E-state index contributed by atoms with van der Waals surface area (Å²) in [6, 6.07) is 2.10. The van der Waals surface area contributed by atoms with Gasteiger partial charge in [0, 0.05) is 35.0 Å². The van der Waals surface area contributed by atoms with Gasteiger partial charge < -0.3 is 10.1 Å². The number of halogens is 1. The van der Waals surface area contributed by atoms with Gasteiger partial charge in [0.2, 0.25) is 5.91 Å². The average Bonchev–Trinajstić information content (AvgIpc) is 3.35. The molecule has 1 saturated heterocycles. The summed E-state index contributed by atoms with van der Waals surface area (Å²) in [5.74, 6) is 2.00. The van der Waals surface area contributed by atoms with Crippen LogP contribution in [0, 0.1) is 17.8 Å². The maximum absolute atomic E-state index is 12.4. The first-order valence-corrected chi connectivity index (χ1v) is 8.54. The lowest BCUT2D eigenvalue weighted by atomic mass is 10.0. The maximum Gasteiger partial charge on any atom is 0.223 e. The highest BCUT2D eigenvalue weighted by atomic mass is 79.9. The SMILES string of the molecule is O=C(N[C@H]1CCO[C@@H]1c1cncc(Br)c1)C1CC1C1CC1. The maximum atomic E-state index is 12.4. The molecule has 2 aliphatic carbocycles. The van der Waals surface area contributed by atoms with Gasteiger partial charge in [-0.15, -0.1) is 0 Å². The lowest BCUT2D eigenvalue weighted by Crippen LogP contribution is -2.38. The van der Waals surface area contributed by atoms with Crippen molar-refractivity contribution in [3.8, 4) is 0 Å². The van der Waals surface area contributed by atoms with E-state index in [1.54, 1.807) is 6.20 Å². The summed E-state index contributed by atoms with van der Waals surface area (Å²) in [4.78, 5) is 16.5. The topological polar surface area (TPSA) is 51.2 Å². The molecule has 0 bridgehead atoms. The number of aromatic nitrogens is 1. The lowest BCUT2D eigenvalue weighted by Gasteiger charge is -2.20. The second-order valence-corrected chi connectivity index (χ2v) is 7.39. The van der Waals surface area contributed by atoms with Gasteiger partial charge in [-0.3, -0.25) is 9.78 Å². The zero-order valence-corrected chi connectivity index (χ0v) is 13.4. The largest absolute Gasteiger partial charge is 0.371 e. The molecule has 1 N–H and O–H groups in total. The van der Waals surface area contributed by atoms with Crippen molar-refractivity contribution in [2.75, 3.05) is 6.61 Å². The van der Waals surface area contributed by atoms with Crippen LogP contribution in [0.5, 0.6) is 0 Å². The number of hydrogen-bond donors (Lipinski definition) is 1. The van der Waals surface area contributed by atoms with Gasteiger partial charge in [-0.1, -0.05) is 0 Å². The lowest BCUT2D eigenvalue weighted by molar-refractivity contribution is -0.123. The van der Waals surface area contributed by atoms with Crippen LogP contribution in [0.2, 0.25) is 0 Å². The number of pyridine rings is 1. The van der Waals surface area contributed by atoms with Crippen molar-refractivity contribution in [3.05, 3.63) is 28.5 Å². The van der Waals surface area contributed by atoms with Crippen molar-refractivity contribution >= 4 is 21.8 Å². The van der Waals surface area contributed by atoms with E-state index >= 15 is 0 Å². The van der Waals surface area contributed by atoms with Crippen molar-refractivity contribution < 1.29 is 9.53 Å². The number of rotatable bonds is 4. The van der Waals surface area contributed by atoms with Crippen LogP contribution in [-0.4, -0.2) is 23.5 Å². The Morgan fingerprint density at radius 3 is 2.95 bits per heavy atom. The third-order valence-corrected chi connectivity index (χ3v) is 5.31.